The van der Waals surface area contributed by atoms with E-state index in [9.17, 15) is 0 Å². The van der Waals surface area contributed by atoms with Crippen LogP contribution < -0.4 is 0 Å². The van der Waals surface area contributed by atoms with Crippen molar-refractivity contribution >= 4 is 27.3 Å². The van der Waals surface area contributed by atoms with Gasteiger partial charge in [-0.05, 0) is 43.7 Å². The second-order valence-electron chi connectivity index (χ2n) is 5.23. The highest BCUT2D eigenvalue weighted by molar-refractivity contribution is 9.09. The van der Waals surface area contributed by atoms with Crippen LogP contribution in [0.3, 0.4) is 0 Å². The summed E-state index contributed by atoms with van der Waals surface area (Å²) in [5.74, 6) is 1.48. The lowest BCUT2D eigenvalue weighted by molar-refractivity contribution is 0.203. The molecule has 1 aromatic rings. The van der Waals surface area contributed by atoms with E-state index < -0.39 is 0 Å². The highest BCUT2D eigenvalue weighted by Gasteiger charge is 2.18. The number of hydrogen-bond acceptors (Lipinski definition) is 2. The Morgan fingerprint density at radius 2 is 2.06 bits per heavy atom. The summed E-state index contributed by atoms with van der Waals surface area (Å²) in [6, 6.07) is 5.00. The first-order valence-corrected chi connectivity index (χ1v) is 8.33. The fourth-order valence-electron chi connectivity index (χ4n) is 1.86. The molecule has 0 aliphatic carbocycles. The van der Waals surface area contributed by atoms with Crippen LogP contribution in [0.5, 0.6) is 0 Å². The summed E-state index contributed by atoms with van der Waals surface area (Å²) in [4.78, 5) is 3.98. The van der Waals surface area contributed by atoms with Crippen LogP contribution in [0.25, 0.3) is 0 Å². The molecule has 0 spiro atoms. The van der Waals surface area contributed by atoms with Crippen LogP contribution in [-0.2, 0) is 6.42 Å². The number of halogens is 1. The molecule has 0 aromatic carbocycles. The lowest BCUT2D eigenvalue weighted by Crippen LogP contribution is -2.36. The molecule has 0 saturated heterocycles. The Bertz CT molecular complexity index is 297. The van der Waals surface area contributed by atoms with Crippen LogP contribution in [0.2, 0.25) is 0 Å². The van der Waals surface area contributed by atoms with Gasteiger partial charge in [0.15, 0.2) is 0 Å². The Morgan fingerprint density at radius 3 is 2.53 bits per heavy atom. The minimum absolute atomic E-state index is 0.619. The zero-order chi connectivity index (χ0) is 12.8. The smallest absolute Gasteiger partial charge is 0.0112 e. The predicted molar refractivity (Wildman–Crippen MR) is 82.2 cm³/mol. The predicted octanol–water partition coefficient (Wildman–Crippen LogP) is 4.28. The van der Waals surface area contributed by atoms with Gasteiger partial charge in [0.05, 0.1) is 0 Å². The van der Waals surface area contributed by atoms with Crippen molar-refractivity contribution in [3.05, 3.63) is 22.4 Å². The van der Waals surface area contributed by atoms with Gasteiger partial charge in [0.25, 0.3) is 0 Å². The van der Waals surface area contributed by atoms with Gasteiger partial charge in [0.2, 0.25) is 0 Å². The van der Waals surface area contributed by atoms with Crippen molar-refractivity contribution in [1.82, 2.24) is 4.90 Å². The standard InChI is InChI=1S/C14H24BrNS/c1-11(2)13(9-15)10-16(4)12(3)8-14-6-5-7-17-14/h5-7,11-13H,8-10H2,1-4H3. The summed E-state index contributed by atoms with van der Waals surface area (Å²) in [5, 5.41) is 3.26. The van der Waals surface area contributed by atoms with E-state index in [4.69, 9.17) is 0 Å². The number of likely N-dealkylation sites (N-methyl/N-ethyl adjacent to an activating group) is 1. The molecule has 1 nitrogen and oxygen atoms in total. The maximum atomic E-state index is 3.63. The number of alkyl halides is 1. The Labute approximate surface area is 118 Å². The van der Waals surface area contributed by atoms with Gasteiger partial charge in [0, 0.05) is 22.8 Å². The molecule has 0 bridgehead atoms. The van der Waals surface area contributed by atoms with E-state index in [0.717, 1.165) is 17.2 Å². The van der Waals surface area contributed by atoms with Crippen molar-refractivity contribution in [1.29, 1.82) is 0 Å². The second-order valence-corrected chi connectivity index (χ2v) is 6.91. The first-order chi connectivity index (χ1) is 8.04. The summed E-state index contributed by atoms with van der Waals surface area (Å²) in [5.41, 5.74) is 0. The van der Waals surface area contributed by atoms with Crippen molar-refractivity contribution in [2.45, 2.75) is 33.2 Å². The lowest BCUT2D eigenvalue weighted by atomic mass is 9.97. The molecule has 2 atom stereocenters. The fraction of sp³-hybridized carbons (Fsp3) is 0.714. The molecule has 0 saturated carbocycles. The van der Waals surface area contributed by atoms with E-state index in [1.54, 1.807) is 0 Å². The summed E-state index contributed by atoms with van der Waals surface area (Å²) >= 11 is 5.49. The van der Waals surface area contributed by atoms with Crippen LogP contribution in [0.15, 0.2) is 17.5 Å². The summed E-state index contributed by atoms with van der Waals surface area (Å²) in [7, 11) is 2.25. The Kier molecular flexibility index (Phi) is 6.75. The highest BCUT2D eigenvalue weighted by Crippen LogP contribution is 2.18. The van der Waals surface area contributed by atoms with Crippen molar-refractivity contribution < 1.29 is 0 Å². The Morgan fingerprint density at radius 1 is 1.35 bits per heavy atom. The van der Waals surface area contributed by atoms with E-state index in [1.165, 1.54) is 17.8 Å². The molecule has 0 aliphatic rings. The van der Waals surface area contributed by atoms with Crippen molar-refractivity contribution in [3.63, 3.8) is 0 Å². The molecule has 2 unspecified atom stereocenters. The largest absolute Gasteiger partial charge is 0.303 e. The molecule has 0 fully saturated rings. The third-order valence-electron chi connectivity index (χ3n) is 3.49. The molecule has 1 heterocycles. The average molecular weight is 318 g/mol. The molecule has 1 aromatic heterocycles. The van der Waals surface area contributed by atoms with E-state index in [0.29, 0.717) is 6.04 Å². The summed E-state index contributed by atoms with van der Waals surface area (Å²) in [6.45, 7) is 8.12. The van der Waals surface area contributed by atoms with E-state index in [2.05, 4.69) is 66.2 Å². The van der Waals surface area contributed by atoms with Crippen molar-refractivity contribution in [2.75, 3.05) is 18.9 Å². The summed E-state index contributed by atoms with van der Waals surface area (Å²) < 4.78 is 0. The monoisotopic (exact) mass is 317 g/mol. The van der Waals surface area contributed by atoms with Gasteiger partial charge in [-0.15, -0.1) is 11.3 Å². The summed E-state index contributed by atoms with van der Waals surface area (Å²) in [6.07, 6.45) is 1.17. The minimum Gasteiger partial charge on any atom is -0.303 e. The highest BCUT2D eigenvalue weighted by atomic mass is 79.9. The van der Waals surface area contributed by atoms with Crippen LogP contribution in [-0.4, -0.2) is 29.9 Å². The quantitative estimate of drug-likeness (QED) is 0.678. The van der Waals surface area contributed by atoms with Crippen LogP contribution in [0.1, 0.15) is 25.6 Å². The molecule has 0 amide bonds. The van der Waals surface area contributed by atoms with Crippen molar-refractivity contribution in [3.8, 4) is 0 Å². The van der Waals surface area contributed by atoms with E-state index in [-0.39, 0.29) is 0 Å². The lowest BCUT2D eigenvalue weighted by Gasteiger charge is -2.30. The Balaban J connectivity index is 2.43. The minimum atomic E-state index is 0.619. The number of thiophene rings is 1. The van der Waals surface area contributed by atoms with Gasteiger partial charge >= 0.3 is 0 Å². The molecule has 0 N–H and O–H groups in total. The molecular weight excluding hydrogens is 294 g/mol. The number of nitrogens with zero attached hydrogens (tertiary/aromatic N) is 1. The van der Waals surface area contributed by atoms with Crippen LogP contribution in [0, 0.1) is 11.8 Å². The maximum Gasteiger partial charge on any atom is 0.0112 e. The third kappa shape index (κ3) is 5.11. The normalized spacial score (nSPS) is 15.5. The topological polar surface area (TPSA) is 3.24 Å². The maximum absolute atomic E-state index is 3.63. The van der Waals surface area contributed by atoms with Gasteiger partial charge in [-0.2, -0.15) is 0 Å². The van der Waals surface area contributed by atoms with Gasteiger partial charge in [-0.25, -0.2) is 0 Å². The van der Waals surface area contributed by atoms with Gasteiger partial charge in [0.1, 0.15) is 0 Å². The first-order valence-electron chi connectivity index (χ1n) is 6.33. The number of rotatable bonds is 7. The van der Waals surface area contributed by atoms with Gasteiger partial charge in [-0.1, -0.05) is 35.8 Å². The van der Waals surface area contributed by atoms with Crippen molar-refractivity contribution in [2.24, 2.45) is 11.8 Å². The van der Waals surface area contributed by atoms with E-state index in [1.807, 2.05) is 11.3 Å². The molecule has 0 radical (unpaired) electrons. The molecular formula is C14H24BrNS. The van der Waals surface area contributed by atoms with Gasteiger partial charge < -0.3 is 4.90 Å². The number of hydrogen-bond donors (Lipinski definition) is 0. The third-order valence-corrected chi connectivity index (χ3v) is 5.22. The molecule has 17 heavy (non-hydrogen) atoms. The molecule has 1 rings (SSSR count). The zero-order valence-corrected chi connectivity index (χ0v) is 13.7. The van der Waals surface area contributed by atoms with Gasteiger partial charge in [-0.3, -0.25) is 0 Å². The average Bonchev–Trinajstić information content (AvgIpc) is 2.77. The fourth-order valence-corrected chi connectivity index (χ4v) is 3.64. The zero-order valence-electron chi connectivity index (χ0n) is 11.3. The van der Waals surface area contributed by atoms with Crippen LogP contribution in [0.4, 0.5) is 0 Å². The second kappa shape index (κ2) is 7.55. The molecule has 0 aliphatic heterocycles. The molecule has 98 valence electrons. The SMILES string of the molecule is CC(C)C(CBr)CN(C)C(C)Cc1cccs1. The Hall–Kier alpha value is 0.140. The van der Waals surface area contributed by atoms with Crippen LogP contribution >= 0.6 is 27.3 Å². The van der Waals surface area contributed by atoms with E-state index >= 15 is 0 Å². The first kappa shape index (κ1) is 15.2. The molecule has 3 heteroatoms.